The lowest BCUT2D eigenvalue weighted by Gasteiger charge is -2.36. The molecule has 0 radical (unpaired) electrons. The molecule has 1 spiro atoms. The molecule has 0 unspecified atom stereocenters. The number of quaternary nitrogens is 1. The molecule has 2 heterocycles. The Morgan fingerprint density at radius 2 is 1.90 bits per heavy atom. The first-order chi connectivity index (χ1) is 4.91. The molecule has 2 nitrogen and oxygen atoms in total. The van der Waals surface area contributed by atoms with Crippen LogP contribution in [-0.4, -0.2) is 49.0 Å². The second kappa shape index (κ2) is 2.72. The molecule has 2 saturated heterocycles. The minimum absolute atomic E-state index is 0.987. The summed E-state index contributed by atoms with van der Waals surface area (Å²) in [7, 11) is 0. The van der Waals surface area contributed by atoms with E-state index >= 15 is 0 Å². The number of morpholine rings is 1. The predicted molar refractivity (Wildman–Crippen MR) is 43.0 cm³/mol. The van der Waals surface area contributed by atoms with Crippen LogP contribution in [0.3, 0.4) is 0 Å². The lowest BCUT2D eigenvalue weighted by atomic mass is 10.3. The van der Waals surface area contributed by atoms with Crippen LogP contribution in [-0.2, 0) is 4.74 Å². The molecular weight excluding hydrogens is 146 g/mol. The van der Waals surface area contributed by atoms with E-state index in [1.54, 1.807) is 0 Å². The second-order valence-electron chi connectivity index (χ2n) is 3.16. The molecule has 2 fully saturated rings. The van der Waals surface area contributed by atoms with E-state index in [9.17, 15) is 0 Å². The largest absolute Gasteiger partial charge is 0.370 e. The minimum atomic E-state index is 0.987. The van der Waals surface area contributed by atoms with Crippen molar-refractivity contribution in [3.05, 3.63) is 0 Å². The fourth-order valence-corrected chi connectivity index (χ4v) is 3.08. The number of ether oxygens (including phenoxy) is 1. The Bertz CT molecular complexity index is 115. The average molecular weight is 160 g/mol. The zero-order valence-corrected chi connectivity index (χ0v) is 7.03. The van der Waals surface area contributed by atoms with Gasteiger partial charge in [-0.25, -0.2) is 0 Å². The maximum Gasteiger partial charge on any atom is 0.126 e. The standard InChI is InChI=1S/C7H14NOS/c1-4-9-5-2-8(1)3-6-10-7-8/h1-7H2/q+1. The van der Waals surface area contributed by atoms with Crippen molar-refractivity contribution in [2.45, 2.75) is 0 Å². The van der Waals surface area contributed by atoms with Gasteiger partial charge in [0.15, 0.2) is 0 Å². The van der Waals surface area contributed by atoms with Crippen LogP contribution in [0.15, 0.2) is 0 Å². The first-order valence-electron chi connectivity index (χ1n) is 3.92. The van der Waals surface area contributed by atoms with Crippen LogP contribution in [0, 0.1) is 0 Å². The molecule has 3 heteroatoms. The van der Waals surface area contributed by atoms with Gasteiger partial charge < -0.3 is 9.22 Å². The molecule has 0 aromatic heterocycles. The molecule has 2 rings (SSSR count). The van der Waals surface area contributed by atoms with E-state index in [4.69, 9.17) is 4.74 Å². The summed E-state index contributed by atoms with van der Waals surface area (Å²) in [6.45, 7) is 5.87. The molecule has 0 aromatic carbocycles. The van der Waals surface area contributed by atoms with Crippen LogP contribution in [0.4, 0.5) is 0 Å². The third kappa shape index (κ3) is 1.18. The van der Waals surface area contributed by atoms with Gasteiger partial charge in [0.2, 0.25) is 0 Å². The van der Waals surface area contributed by atoms with Crippen molar-refractivity contribution in [1.29, 1.82) is 0 Å². The van der Waals surface area contributed by atoms with Crippen LogP contribution >= 0.6 is 11.8 Å². The SMILES string of the molecule is C1C[N+]2(CCO1)CCSC2. The van der Waals surface area contributed by atoms with Gasteiger partial charge in [0, 0.05) is 5.75 Å². The normalized spacial score (nSPS) is 31.2. The molecule has 58 valence electrons. The zero-order valence-electron chi connectivity index (χ0n) is 6.21. The Balaban J connectivity index is 1.98. The summed E-state index contributed by atoms with van der Waals surface area (Å²) in [5.74, 6) is 2.70. The summed E-state index contributed by atoms with van der Waals surface area (Å²) in [5, 5.41) is 0. The summed E-state index contributed by atoms with van der Waals surface area (Å²) >= 11 is 2.10. The van der Waals surface area contributed by atoms with Crippen LogP contribution in [0.2, 0.25) is 0 Å². The van der Waals surface area contributed by atoms with Crippen molar-refractivity contribution >= 4 is 11.8 Å². The third-order valence-corrected chi connectivity index (χ3v) is 3.70. The van der Waals surface area contributed by atoms with E-state index in [0.29, 0.717) is 0 Å². The second-order valence-corrected chi connectivity index (χ2v) is 4.24. The Morgan fingerprint density at radius 1 is 1.10 bits per heavy atom. The molecule has 0 atom stereocenters. The van der Waals surface area contributed by atoms with E-state index in [2.05, 4.69) is 11.8 Å². The Hall–Kier alpha value is 0.270. The van der Waals surface area contributed by atoms with Crippen molar-refractivity contribution < 1.29 is 9.22 Å². The molecule has 0 aliphatic carbocycles. The summed E-state index contributed by atoms with van der Waals surface area (Å²) in [5.41, 5.74) is 0. The van der Waals surface area contributed by atoms with Gasteiger partial charge in [0.25, 0.3) is 0 Å². The Kier molecular flexibility index (Phi) is 1.89. The van der Waals surface area contributed by atoms with Crippen molar-refractivity contribution in [2.75, 3.05) is 44.5 Å². The average Bonchev–Trinajstić information content (AvgIpc) is 2.39. The molecule has 0 saturated carbocycles. The monoisotopic (exact) mass is 160 g/mol. The van der Waals surface area contributed by atoms with Gasteiger partial charge in [-0.05, 0) is 0 Å². The van der Waals surface area contributed by atoms with Gasteiger partial charge in [-0.15, -0.1) is 0 Å². The highest BCUT2D eigenvalue weighted by Gasteiger charge is 2.33. The highest BCUT2D eigenvalue weighted by Crippen LogP contribution is 2.24. The zero-order chi connectivity index (χ0) is 6.86. The van der Waals surface area contributed by atoms with Crippen molar-refractivity contribution in [2.24, 2.45) is 0 Å². The lowest BCUT2D eigenvalue weighted by molar-refractivity contribution is -0.917. The molecule has 2 aliphatic heterocycles. The lowest BCUT2D eigenvalue weighted by Crippen LogP contribution is -2.52. The first kappa shape index (κ1) is 6.95. The predicted octanol–water partition coefficient (Wildman–Crippen LogP) is 0.538. The summed E-state index contributed by atoms with van der Waals surface area (Å²) in [6, 6.07) is 0. The number of hydrogen-bond acceptors (Lipinski definition) is 2. The molecule has 0 amide bonds. The maximum absolute atomic E-state index is 5.33. The Labute approximate surface area is 66.1 Å². The number of hydrogen-bond donors (Lipinski definition) is 0. The highest BCUT2D eigenvalue weighted by molar-refractivity contribution is 7.99. The van der Waals surface area contributed by atoms with Gasteiger partial charge in [-0.1, -0.05) is 11.8 Å². The van der Waals surface area contributed by atoms with Crippen LogP contribution in [0.25, 0.3) is 0 Å². The Morgan fingerprint density at radius 3 is 2.50 bits per heavy atom. The van der Waals surface area contributed by atoms with E-state index in [0.717, 1.165) is 13.2 Å². The van der Waals surface area contributed by atoms with Crippen molar-refractivity contribution in [1.82, 2.24) is 0 Å². The molecule has 0 N–H and O–H groups in total. The smallest absolute Gasteiger partial charge is 0.126 e. The number of nitrogens with zero attached hydrogens (tertiary/aromatic N) is 1. The summed E-state index contributed by atoms with van der Waals surface area (Å²) in [4.78, 5) is 0. The van der Waals surface area contributed by atoms with E-state index in [-0.39, 0.29) is 0 Å². The van der Waals surface area contributed by atoms with E-state index < -0.39 is 0 Å². The van der Waals surface area contributed by atoms with E-state index in [1.807, 2.05) is 0 Å². The minimum Gasteiger partial charge on any atom is -0.370 e. The molecule has 0 aromatic rings. The fourth-order valence-electron chi connectivity index (χ4n) is 1.66. The van der Waals surface area contributed by atoms with Gasteiger partial charge in [-0.2, -0.15) is 0 Å². The highest BCUT2D eigenvalue weighted by atomic mass is 32.2. The van der Waals surface area contributed by atoms with Gasteiger partial charge in [-0.3, -0.25) is 0 Å². The summed E-state index contributed by atoms with van der Waals surface area (Å²) < 4.78 is 6.67. The van der Waals surface area contributed by atoms with Gasteiger partial charge in [0.05, 0.1) is 19.8 Å². The van der Waals surface area contributed by atoms with E-state index in [1.165, 1.54) is 35.7 Å². The quantitative estimate of drug-likeness (QED) is 0.478. The molecule has 0 bridgehead atoms. The van der Waals surface area contributed by atoms with Crippen LogP contribution in [0.5, 0.6) is 0 Å². The van der Waals surface area contributed by atoms with Crippen molar-refractivity contribution in [3.63, 3.8) is 0 Å². The van der Waals surface area contributed by atoms with Gasteiger partial charge >= 0.3 is 0 Å². The van der Waals surface area contributed by atoms with Crippen molar-refractivity contribution in [3.8, 4) is 0 Å². The molecule has 2 aliphatic rings. The maximum atomic E-state index is 5.33. The van der Waals surface area contributed by atoms with Crippen LogP contribution < -0.4 is 0 Å². The number of rotatable bonds is 0. The summed E-state index contributed by atoms with van der Waals surface area (Å²) in [6.07, 6.45) is 0. The fraction of sp³-hybridized carbons (Fsp3) is 1.00. The topological polar surface area (TPSA) is 9.23 Å². The first-order valence-corrected chi connectivity index (χ1v) is 5.07. The third-order valence-electron chi connectivity index (χ3n) is 2.50. The van der Waals surface area contributed by atoms with Gasteiger partial charge in [0.1, 0.15) is 19.0 Å². The molecule has 10 heavy (non-hydrogen) atoms. The molecular formula is C7H14NOS+. The van der Waals surface area contributed by atoms with Crippen LogP contribution in [0.1, 0.15) is 0 Å². The number of thioether (sulfide) groups is 1.